The summed E-state index contributed by atoms with van der Waals surface area (Å²) in [5, 5.41) is 7.53. The van der Waals surface area contributed by atoms with E-state index in [0.29, 0.717) is 11.4 Å². The Balaban J connectivity index is 1.72. The highest BCUT2D eigenvalue weighted by molar-refractivity contribution is 6.36. The lowest BCUT2D eigenvalue weighted by Crippen LogP contribution is -2.30. The summed E-state index contributed by atoms with van der Waals surface area (Å²) in [4.78, 5) is 17.2. The molecule has 1 N–H and O–H groups in total. The molecular weight excluding hydrogens is 376 g/mol. The number of methoxy groups -OCH3 is 1. The number of nitrogens with one attached hydrogen (secondary N) is 1. The third-order valence-electron chi connectivity index (χ3n) is 4.39. The number of hydrogen-bond acceptors (Lipinski definition) is 4. The molecule has 0 radical (unpaired) electrons. The number of amides is 1. The molecule has 1 amide bonds. The van der Waals surface area contributed by atoms with Crippen LogP contribution < -0.4 is 10.1 Å². The van der Waals surface area contributed by atoms with Crippen molar-refractivity contribution < 1.29 is 9.53 Å². The zero-order chi connectivity index (χ0) is 19.5. The quantitative estimate of drug-likeness (QED) is 0.559. The lowest BCUT2D eigenvalue weighted by atomic mass is 9.98. The Labute approximate surface area is 166 Å². The summed E-state index contributed by atoms with van der Waals surface area (Å²) in [6.45, 7) is 0. The lowest BCUT2D eigenvalue weighted by Gasteiger charge is -2.20. The van der Waals surface area contributed by atoms with Crippen LogP contribution in [0.5, 0.6) is 5.75 Å². The fraction of sp³-hybridized carbons (Fsp3) is 0.0952. The number of hydrogen-bond donors (Lipinski definition) is 1. The van der Waals surface area contributed by atoms with Gasteiger partial charge in [-0.05, 0) is 29.3 Å². The molecule has 0 unspecified atom stereocenters. The van der Waals surface area contributed by atoms with Gasteiger partial charge in [0.15, 0.2) is 11.3 Å². The van der Waals surface area contributed by atoms with Crippen LogP contribution in [0.1, 0.15) is 27.7 Å². The van der Waals surface area contributed by atoms with Gasteiger partial charge in [-0.15, -0.1) is 0 Å². The fourth-order valence-electron chi connectivity index (χ4n) is 3.03. The van der Waals surface area contributed by atoms with Gasteiger partial charge in [0.1, 0.15) is 10.8 Å². The van der Waals surface area contributed by atoms with E-state index in [1.165, 1.54) is 4.52 Å². The van der Waals surface area contributed by atoms with Gasteiger partial charge in [-0.1, -0.05) is 54.1 Å². The highest BCUT2D eigenvalue weighted by Crippen LogP contribution is 2.27. The van der Waals surface area contributed by atoms with Gasteiger partial charge < -0.3 is 10.1 Å². The maximum Gasteiger partial charge on any atom is 0.274 e. The zero-order valence-corrected chi connectivity index (χ0v) is 15.8. The summed E-state index contributed by atoms with van der Waals surface area (Å²) in [6, 6.07) is 18.6. The molecule has 1 atom stereocenters. The predicted octanol–water partition coefficient (Wildman–Crippen LogP) is 3.91. The van der Waals surface area contributed by atoms with Crippen LogP contribution in [0.3, 0.4) is 0 Å². The topological polar surface area (TPSA) is 68.5 Å². The molecule has 0 aliphatic heterocycles. The molecular formula is C21H17ClN4O2. The number of carbonyl (C=O) groups is 1. The maximum atomic E-state index is 13.0. The summed E-state index contributed by atoms with van der Waals surface area (Å²) >= 11 is 6.35. The van der Waals surface area contributed by atoms with Crippen molar-refractivity contribution in [2.45, 2.75) is 6.04 Å². The summed E-state index contributed by atoms with van der Waals surface area (Å²) in [5.41, 5.74) is 2.38. The number of carbonyl (C=O) groups excluding carboxylic acids is 1. The first-order valence-corrected chi connectivity index (χ1v) is 9.04. The van der Waals surface area contributed by atoms with Crippen LogP contribution in [0.15, 0.2) is 73.1 Å². The van der Waals surface area contributed by atoms with Gasteiger partial charge >= 0.3 is 0 Å². The molecule has 0 aliphatic rings. The normalized spacial score (nSPS) is 11.9. The van der Waals surface area contributed by atoms with Gasteiger partial charge in [0.05, 0.1) is 13.2 Å². The van der Waals surface area contributed by atoms with Crippen molar-refractivity contribution in [3.8, 4) is 5.75 Å². The Morgan fingerprint density at radius 1 is 1.11 bits per heavy atom. The first kappa shape index (κ1) is 18.0. The minimum Gasteiger partial charge on any atom is -0.497 e. The number of fused-ring (bicyclic) bond motifs is 1. The minimum absolute atomic E-state index is 0.129. The summed E-state index contributed by atoms with van der Waals surface area (Å²) in [6.07, 6.45) is 3.30. The number of benzene rings is 2. The van der Waals surface area contributed by atoms with Crippen LogP contribution in [0.25, 0.3) is 5.65 Å². The highest BCUT2D eigenvalue weighted by Gasteiger charge is 2.23. The Kier molecular flexibility index (Phi) is 4.95. The highest BCUT2D eigenvalue weighted by atomic mass is 35.5. The molecule has 0 fully saturated rings. The van der Waals surface area contributed by atoms with E-state index in [0.717, 1.165) is 11.1 Å². The largest absolute Gasteiger partial charge is 0.497 e. The van der Waals surface area contributed by atoms with E-state index in [2.05, 4.69) is 15.4 Å². The zero-order valence-electron chi connectivity index (χ0n) is 15.0. The molecule has 2 aromatic carbocycles. The van der Waals surface area contributed by atoms with Crippen molar-refractivity contribution in [2.24, 2.45) is 0 Å². The number of ether oxygens (including phenoxy) is 1. The van der Waals surface area contributed by atoms with E-state index in [4.69, 9.17) is 16.3 Å². The molecule has 140 valence electrons. The van der Waals surface area contributed by atoms with E-state index >= 15 is 0 Å². The third-order valence-corrected chi connectivity index (χ3v) is 4.74. The minimum atomic E-state index is -0.391. The van der Waals surface area contributed by atoms with Crippen LogP contribution in [0, 0.1) is 0 Å². The maximum absolute atomic E-state index is 13.0. The molecule has 4 rings (SSSR count). The van der Waals surface area contributed by atoms with Crippen LogP contribution in [-0.4, -0.2) is 27.6 Å². The van der Waals surface area contributed by atoms with Crippen LogP contribution in [-0.2, 0) is 0 Å². The SMILES string of the molecule is COc1cccc([C@H](NC(=O)c2nn3cccnc3c2Cl)c2ccccc2)c1. The second-order valence-corrected chi connectivity index (χ2v) is 6.52. The van der Waals surface area contributed by atoms with Crippen LogP contribution in [0.4, 0.5) is 0 Å². The number of rotatable bonds is 5. The molecule has 0 aliphatic carbocycles. The standard InChI is InChI=1S/C21H17ClN4O2/c1-28-16-10-5-9-15(13-16)18(14-7-3-2-4-8-14)24-21(27)19-17(22)20-23-11-6-12-26(20)25-19/h2-13,18H,1H3,(H,24,27)/t18-/m1/s1. The molecule has 7 heteroatoms. The van der Waals surface area contributed by atoms with E-state index in [1.54, 1.807) is 25.6 Å². The molecule has 6 nitrogen and oxygen atoms in total. The smallest absolute Gasteiger partial charge is 0.274 e. The van der Waals surface area contributed by atoms with Crippen molar-refractivity contribution in [1.29, 1.82) is 0 Å². The van der Waals surface area contributed by atoms with Crippen LogP contribution >= 0.6 is 11.6 Å². The van der Waals surface area contributed by atoms with Gasteiger partial charge in [0.2, 0.25) is 0 Å². The Bertz CT molecular complexity index is 1130. The van der Waals surface area contributed by atoms with Crippen molar-refractivity contribution in [3.63, 3.8) is 0 Å². The molecule has 28 heavy (non-hydrogen) atoms. The van der Waals surface area contributed by atoms with Crippen molar-refractivity contribution in [3.05, 3.63) is 94.9 Å². The number of aromatic nitrogens is 3. The van der Waals surface area contributed by atoms with Gasteiger partial charge in [-0.3, -0.25) is 4.79 Å². The molecule has 0 bridgehead atoms. The van der Waals surface area contributed by atoms with Crippen molar-refractivity contribution in [2.75, 3.05) is 7.11 Å². The predicted molar refractivity (Wildman–Crippen MR) is 107 cm³/mol. The van der Waals surface area contributed by atoms with Crippen LogP contribution in [0.2, 0.25) is 5.02 Å². The summed E-state index contributed by atoms with van der Waals surface area (Å²) in [7, 11) is 1.61. The monoisotopic (exact) mass is 392 g/mol. The second kappa shape index (κ2) is 7.70. The van der Waals surface area contributed by atoms with Crippen molar-refractivity contribution >= 4 is 23.2 Å². The average molecular weight is 393 g/mol. The average Bonchev–Trinajstić information content (AvgIpc) is 3.09. The summed E-state index contributed by atoms with van der Waals surface area (Å²) in [5.74, 6) is 0.329. The first-order valence-electron chi connectivity index (χ1n) is 8.66. The van der Waals surface area contributed by atoms with E-state index in [1.807, 2.05) is 54.6 Å². The third kappa shape index (κ3) is 3.42. The molecule has 4 aromatic rings. The molecule has 0 saturated heterocycles. The van der Waals surface area contributed by atoms with E-state index in [-0.39, 0.29) is 16.6 Å². The molecule has 2 heterocycles. The number of nitrogens with zero attached hydrogens (tertiary/aromatic N) is 3. The molecule has 0 saturated carbocycles. The van der Waals surface area contributed by atoms with Gasteiger partial charge in [-0.2, -0.15) is 5.10 Å². The van der Waals surface area contributed by atoms with Gasteiger partial charge in [0.25, 0.3) is 5.91 Å². The second-order valence-electron chi connectivity index (χ2n) is 6.14. The number of halogens is 1. The van der Waals surface area contributed by atoms with Gasteiger partial charge in [-0.25, -0.2) is 9.50 Å². The fourth-order valence-corrected chi connectivity index (χ4v) is 3.29. The first-order chi connectivity index (χ1) is 13.7. The summed E-state index contributed by atoms with van der Waals surface area (Å²) < 4.78 is 6.82. The Hall–Kier alpha value is -3.38. The van der Waals surface area contributed by atoms with E-state index < -0.39 is 6.04 Å². The Morgan fingerprint density at radius 3 is 2.64 bits per heavy atom. The Morgan fingerprint density at radius 2 is 1.89 bits per heavy atom. The van der Waals surface area contributed by atoms with Gasteiger partial charge in [0, 0.05) is 12.4 Å². The van der Waals surface area contributed by atoms with Crippen molar-refractivity contribution in [1.82, 2.24) is 19.9 Å². The lowest BCUT2D eigenvalue weighted by molar-refractivity contribution is 0.0937. The molecule has 0 spiro atoms. The van der Waals surface area contributed by atoms with E-state index in [9.17, 15) is 4.79 Å². The molecule has 2 aromatic heterocycles.